The Bertz CT molecular complexity index is 977. The Balaban J connectivity index is 1.79. The summed E-state index contributed by atoms with van der Waals surface area (Å²) in [6.07, 6.45) is 1.39. The van der Waals surface area contributed by atoms with E-state index in [1.54, 1.807) is 16.8 Å². The van der Waals surface area contributed by atoms with Gasteiger partial charge in [0.2, 0.25) is 11.8 Å². The lowest BCUT2D eigenvalue weighted by molar-refractivity contribution is -0.116. The molecule has 3 aromatic rings. The fourth-order valence-corrected chi connectivity index (χ4v) is 3.52. The first-order chi connectivity index (χ1) is 13.1. The van der Waals surface area contributed by atoms with Crippen LogP contribution in [0, 0.1) is 6.92 Å². The molecule has 1 aliphatic rings. The molecular weight excluding hydrogens is 342 g/mol. The number of hydrogen-bond donors (Lipinski definition) is 1. The Labute approximate surface area is 157 Å². The molecule has 1 aromatic carbocycles. The number of ether oxygens (including phenoxy) is 1. The summed E-state index contributed by atoms with van der Waals surface area (Å²) in [6, 6.07) is 11.9. The van der Waals surface area contributed by atoms with Crippen LogP contribution in [-0.4, -0.2) is 33.0 Å². The minimum Gasteiger partial charge on any atom is -0.480 e. The van der Waals surface area contributed by atoms with Gasteiger partial charge in [-0.2, -0.15) is 9.78 Å². The average molecular weight is 363 g/mol. The lowest BCUT2D eigenvalue weighted by Crippen LogP contribution is -2.25. The molecule has 1 atom stereocenters. The Hall–Kier alpha value is -3.22. The number of amides is 1. The molecular formula is C20H21N5O2. The first-order valence-electron chi connectivity index (χ1n) is 8.97. The molecule has 7 nitrogen and oxygen atoms in total. The van der Waals surface area contributed by atoms with Gasteiger partial charge < -0.3 is 10.1 Å². The molecule has 4 rings (SSSR count). The largest absolute Gasteiger partial charge is 0.480 e. The van der Waals surface area contributed by atoms with E-state index in [1.807, 2.05) is 6.92 Å². The molecule has 0 spiro atoms. The molecule has 0 saturated carbocycles. The van der Waals surface area contributed by atoms with Crippen molar-refractivity contribution in [2.75, 3.05) is 12.4 Å². The number of carbonyl (C=O) groups excluding carboxylic acids is 1. The van der Waals surface area contributed by atoms with Crippen LogP contribution in [0.1, 0.15) is 41.6 Å². The van der Waals surface area contributed by atoms with Gasteiger partial charge in [-0.1, -0.05) is 31.2 Å². The molecule has 7 heteroatoms. The van der Waals surface area contributed by atoms with Crippen LogP contribution < -0.4 is 10.1 Å². The van der Waals surface area contributed by atoms with Crippen molar-refractivity contribution in [2.45, 2.75) is 32.6 Å². The van der Waals surface area contributed by atoms with Crippen LogP contribution in [-0.2, 0) is 11.2 Å². The van der Waals surface area contributed by atoms with Crippen LogP contribution in [0.4, 0.5) is 5.82 Å². The van der Waals surface area contributed by atoms with Gasteiger partial charge in [-0.3, -0.25) is 4.79 Å². The Morgan fingerprint density at radius 1 is 1.19 bits per heavy atom. The number of carbonyl (C=O) groups is 1. The third-order valence-electron chi connectivity index (χ3n) is 4.94. The molecule has 0 radical (unpaired) electrons. The van der Waals surface area contributed by atoms with Crippen molar-refractivity contribution >= 4 is 11.7 Å². The summed E-state index contributed by atoms with van der Waals surface area (Å²) in [5.41, 5.74) is 4.29. The number of rotatable bonds is 4. The summed E-state index contributed by atoms with van der Waals surface area (Å²) in [7, 11) is 1.54. The molecule has 2 aromatic heterocycles. The van der Waals surface area contributed by atoms with E-state index >= 15 is 0 Å². The maximum Gasteiger partial charge on any atom is 0.233 e. The molecule has 1 aliphatic heterocycles. The van der Waals surface area contributed by atoms with E-state index in [0.717, 1.165) is 23.2 Å². The van der Waals surface area contributed by atoms with Gasteiger partial charge in [0.25, 0.3) is 0 Å². The highest BCUT2D eigenvalue weighted by Crippen LogP contribution is 2.40. The highest BCUT2D eigenvalue weighted by molar-refractivity contribution is 5.95. The first kappa shape index (κ1) is 17.2. The van der Waals surface area contributed by atoms with Gasteiger partial charge in [0.15, 0.2) is 5.82 Å². The highest BCUT2D eigenvalue weighted by Gasteiger charge is 2.32. The molecule has 0 unspecified atom stereocenters. The smallest absolute Gasteiger partial charge is 0.233 e. The Morgan fingerprint density at radius 3 is 2.59 bits per heavy atom. The van der Waals surface area contributed by atoms with Crippen molar-refractivity contribution in [3.8, 4) is 11.7 Å². The molecule has 0 aliphatic carbocycles. The summed E-state index contributed by atoms with van der Waals surface area (Å²) >= 11 is 0. The number of nitrogens with one attached hydrogen (secondary N) is 1. The number of methoxy groups -OCH3 is 1. The predicted octanol–water partition coefficient (Wildman–Crippen LogP) is 3.02. The van der Waals surface area contributed by atoms with Gasteiger partial charge in [-0.15, -0.1) is 10.2 Å². The van der Waals surface area contributed by atoms with Crippen molar-refractivity contribution < 1.29 is 9.53 Å². The number of anilines is 1. The Morgan fingerprint density at radius 2 is 1.96 bits per heavy atom. The summed E-state index contributed by atoms with van der Waals surface area (Å²) in [5, 5.41) is 15.7. The van der Waals surface area contributed by atoms with Gasteiger partial charge in [0.1, 0.15) is 5.82 Å². The summed E-state index contributed by atoms with van der Waals surface area (Å²) in [6.45, 7) is 4.09. The van der Waals surface area contributed by atoms with E-state index in [2.05, 4.69) is 51.8 Å². The molecule has 1 N–H and O–H groups in total. The lowest BCUT2D eigenvalue weighted by atomic mass is 9.85. The van der Waals surface area contributed by atoms with E-state index in [-0.39, 0.29) is 11.8 Å². The zero-order valence-electron chi connectivity index (χ0n) is 15.6. The standard InChI is InChI=1S/C20H21N5O2/c1-4-13-5-7-14(8-6-13)15-11-17(26)21-20-19(15)12(2)24-25(20)16-9-10-18(27-3)23-22-16/h5-10,15H,4,11H2,1-3H3,(H,21,26)/t15-/m0/s1. The van der Waals surface area contributed by atoms with Crippen LogP contribution in [0.3, 0.4) is 0 Å². The number of benzene rings is 1. The number of nitrogens with zero attached hydrogens (tertiary/aromatic N) is 4. The highest BCUT2D eigenvalue weighted by atomic mass is 16.5. The molecule has 0 fully saturated rings. The predicted molar refractivity (Wildman–Crippen MR) is 101 cm³/mol. The van der Waals surface area contributed by atoms with Gasteiger partial charge in [0.05, 0.1) is 12.8 Å². The summed E-state index contributed by atoms with van der Waals surface area (Å²) < 4.78 is 6.70. The van der Waals surface area contributed by atoms with Crippen LogP contribution in [0.25, 0.3) is 5.82 Å². The molecule has 1 amide bonds. The maximum atomic E-state index is 12.4. The fraction of sp³-hybridized carbons (Fsp3) is 0.300. The van der Waals surface area contributed by atoms with E-state index in [1.165, 1.54) is 12.7 Å². The average Bonchev–Trinajstić information content (AvgIpc) is 3.04. The van der Waals surface area contributed by atoms with E-state index in [0.29, 0.717) is 23.9 Å². The lowest BCUT2D eigenvalue weighted by Gasteiger charge is -2.24. The van der Waals surface area contributed by atoms with Crippen LogP contribution in [0.15, 0.2) is 36.4 Å². The monoisotopic (exact) mass is 363 g/mol. The van der Waals surface area contributed by atoms with E-state index in [9.17, 15) is 4.79 Å². The van der Waals surface area contributed by atoms with E-state index in [4.69, 9.17) is 4.74 Å². The SMILES string of the molecule is CCc1ccc([C@@H]2CC(=O)Nc3c2c(C)nn3-c2ccc(OC)nn2)cc1. The summed E-state index contributed by atoms with van der Waals surface area (Å²) in [4.78, 5) is 12.4. The van der Waals surface area contributed by atoms with Crippen LogP contribution in [0.2, 0.25) is 0 Å². The van der Waals surface area contributed by atoms with Crippen molar-refractivity contribution in [2.24, 2.45) is 0 Å². The molecule has 138 valence electrons. The Kier molecular flexibility index (Phi) is 4.35. The minimum atomic E-state index is -0.0327. The van der Waals surface area contributed by atoms with Crippen molar-refractivity contribution in [1.29, 1.82) is 0 Å². The van der Waals surface area contributed by atoms with E-state index < -0.39 is 0 Å². The second-order valence-electron chi connectivity index (χ2n) is 6.59. The van der Waals surface area contributed by atoms with Gasteiger partial charge in [-0.25, -0.2) is 0 Å². The van der Waals surface area contributed by atoms with Crippen LogP contribution >= 0.6 is 0 Å². The second-order valence-corrected chi connectivity index (χ2v) is 6.59. The van der Waals surface area contributed by atoms with Gasteiger partial charge in [-0.05, 0) is 30.5 Å². The summed E-state index contributed by atoms with van der Waals surface area (Å²) in [5.74, 6) is 1.55. The molecule has 27 heavy (non-hydrogen) atoms. The number of aromatic nitrogens is 4. The number of fused-ring (bicyclic) bond motifs is 1. The van der Waals surface area contributed by atoms with Crippen molar-refractivity contribution in [1.82, 2.24) is 20.0 Å². The zero-order valence-corrected chi connectivity index (χ0v) is 15.6. The third-order valence-corrected chi connectivity index (χ3v) is 4.94. The number of aryl methyl sites for hydroxylation is 2. The van der Waals surface area contributed by atoms with Crippen molar-refractivity contribution in [3.05, 3.63) is 58.8 Å². The van der Waals surface area contributed by atoms with Gasteiger partial charge >= 0.3 is 0 Å². The van der Waals surface area contributed by atoms with Gasteiger partial charge in [0, 0.05) is 24.0 Å². The quantitative estimate of drug-likeness (QED) is 0.770. The zero-order chi connectivity index (χ0) is 19.0. The first-order valence-corrected chi connectivity index (χ1v) is 8.97. The molecule has 0 saturated heterocycles. The normalized spacial score (nSPS) is 16.0. The van der Waals surface area contributed by atoms with Crippen LogP contribution in [0.5, 0.6) is 5.88 Å². The molecule has 3 heterocycles. The third kappa shape index (κ3) is 3.05. The van der Waals surface area contributed by atoms with Crippen molar-refractivity contribution in [3.63, 3.8) is 0 Å². The second kappa shape index (κ2) is 6.83. The maximum absolute atomic E-state index is 12.4. The fourth-order valence-electron chi connectivity index (χ4n) is 3.52. The topological polar surface area (TPSA) is 81.9 Å². The number of hydrogen-bond acceptors (Lipinski definition) is 5. The molecule has 0 bridgehead atoms. The minimum absolute atomic E-state index is 0.0281.